The number of methoxy groups -OCH3 is 1. The van der Waals surface area contributed by atoms with E-state index in [4.69, 9.17) is 16.3 Å². The van der Waals surface area contributed by atoms with Crippen LogP contribution < -0.4 is 14.4 Å². The SMILES string of the molecule is CNC(=O)[C@H](C)N(Cc1ccccc1)C(=O)CN(c1cc(Cl)ccc1OC)S(C)(=O)=O. The Morgan fingerprint density at radius 2 is 1.81 bits per heavy atom. The topological polar surface area (TPSA) is 96.0 Å². The third-order valence-corrected chi connectivity index (χ3v) is 6.06. The molecule has 0 saturated carbocycles. The molecule has 2 aromatic rings. The maximum Gasteiger partial charge on any atom is 0.244 e. The van der Waals surface area contributed by atoms with Crippen LogP contribution >= 0.6 is 11.6 Å². The summed E-state index contributed by atoms with van der Waals surface area (Å²) in [7, 11) is -1.00. The first-order valence-corrected chi connectivity index (χ1v) is 11.7. The van der Waals surface area contributed by atoms with E-state index in [1.165, 1.54) is 31.2 Å². The van der Waals surface area contributed by atoms with Crippen LogP contribution in [0, 0.1) is 0 Å². The largest absolute Gasteiger partial charge is 0.495 e. The second-order valence-electron chi connectivity index (χ2n) is 6.88. The molecule has 1 N–H and O–H groups in total. The van der Waals surface area contributed by atoms with E-state index in [1.807, 2.05) is 30.3 Å². The zero-order chi connectivity index (χ0) is 23.2. The quantitative estimate of drug-likeness (QED) is 0.610. The number of carbonyl (C=O) groups excluding carboxylic acids is 2. The first-order valence-electron chi connectivity index (χ1n) is 9.44. The van der Waals surface area contributed by atoms with Gasteiger partial charge in [0.05, 0.1) is 19.1 Å². The normalized spacial score (nSPS) is 12.0. The van der Waals surface area contributed by atoms with Gasteiger partial charge in [-0.15, -0.1) is 0 Å². The lowest BCUT2D eigenvalue weighted by molar-refractivity contribution is -0.139. The van der Waals surface area contributed by atoms with Crippen molar-refractivity contribution in [3.8, 4) is 5.75 Å². The Hall–Kier alpha value is -2.78. The van der Waals surface area contributed by atoms with Crippen molar-refractivity contribution in [3.63, 3.8) is 0 Å². The molecule has 1 atom stereocenters. The maximum atomic E-state index is 13.3. The summed E-state index contributed by atoms with van der Waals surface area (Å²) >= 11 is 6.06. The van der Waals surface area contributed by atoms with Crippen LogP contribution in [0.25, 0.3) is 0 Å². The Balaban J connectivity index is 2.44. The number of amides is 2. The summed E-state index contributed by atoms with van der Waals surface area (Å²) < 4.78 is 31.3. The van der Waals surface area contributed by atoms with Crippen LogP contribution in [0.2, 0.25) is 5.02 Å². The van der Waals surface area contributed by atoms with Gasteiger partial charge in [-0.1, -0.05) is 41.9 Å². The van der Waals surface area contributed by atoms with Crippen molar-refractivity contribution in [1.29, 1.82) is 0 Å². The van der Waals surface area contributed by atoms with E-state index < -0.39 is 28.5 Å². The highest BCUT2D eigenvalue weighted by atomic mass is 35.5. The Kier molecular flexibility index (Phi) is 8.29. The van der Waals surface area contributed by atoms with Crippen molar-refractivity contribution in [2.75, 3.05) is 31.3 Å². The predicted octanol–water partition coefficient (Wildman–Crippen LogP) is 2.28. The summed E-state index contributed by atoms with van der Waals surface area (Å²) in [4.78, 5) is 26.9. The number of rotatable bonds is 9. The van der Waals surface area contributed by atoms with Gasteiger partial charge in [-0.2, -0.15) is 0 Å². The van der Waals surface area contributed by atoms with E-state index in [-0.39, 0.29) is 28.9 Å². The molecule has 0 aliphatic rings. The molecular weight excluding hydrogens is 442 g/mol. The average molecular weight is 468 g/mol. The molecular formula is C21H26ClN3O5S. The molecule has 10 heteroatoms. The number of hydrogen-bond acceptors (Lipinski definition) is 5. The fourth-order valence-electron chi connectivity index (χ4n) is 3.02. The van der Waals surface area contributed by atoms with Gasteiger partial charge in [0.15, 0.2) is 0 Å². The first-order chi connectivity index (χ1) is 14.6. The third-order valence-electron chi connectivity index (χ3n) is 4.70. The number of nitrogens with zero attached hydrogens (tertiary/aromatic N) is 2. The zero-order valence-corrected chi connectivity index (χ0v) is 19.4. The lowest BCUT2D eigenvalue weighted by Gasteiger charge is -2.31. The van der Waals surface area contributed by atoms with Crippen LogP contribution in [0.4, 0.5) is 5.69 Å². The summed E-state index contributed by atoms with van der Waals surface area (Å²) in [5, 5.41) is 2.81. The molecule has 0 radical (unpaired) electrons. The number of likely N-dealkylation sites (N-methyl/N-ethyl adjacent to an activating group) is 1. The van der Waals surface area contributed by atoms with Crippen molar-refractivity contribution < 1.29 is 22.7 Å². The molecule has 8 nitrogen and oxygen atoms in total. The predicted molar refractivity (Wildman–Crippen MR) is 121 cm³/mol. The van der Waals surface area contributed by atoms with E-state index in [0.717, 1.165) is 16.1 Å². The summed E-state index contributed by atoms with van der Waals surface area (Å²) in [5.41, 5.74) is 0.941. The summed E-state index contributed by atoms with van der Waals surface area (Å²) in [6.45, 7) is 1.20. The average Bonchev–Trinajstić information content (AvgIpc) is 2.74. The van der Waals surface area contributed by atoms with Gasteiger partial charge in [0, 0.05) is 18.6 Å². The lowest BCUT2D eigenvalue weighted by atomic mass is 10.1. The number of ether oxygens (including phenoxy) is 1. The van der Waals surface area contributed by atoms with Gasteiger partial charge in [-0.3, -0.25) is 13.9 Å². The number of sulfonamides is 1. The maximum absolute atomic E-state index is 13.3. The van der Waals surface area contributed by atoms with Crippen LogP contribution in [-0.4, -0.2) is 58.1 Å². The van der Waals surface area contributed by atoms with E-state index in [9.17, 15) is 18.0 Å². The second kappa shape index (κ2) is 10.5. The molecule has 0 heterocycles. The number of carbonyl (C=O) groups is 2. The molecule has 0 unspecified atom stereocenters. The Morgan fingerprint density at radius 3 is 2.35 bits per heavy atom. The fourth-order valence-corrected chi connectivity index (χ4v) is 4.04. The Morgan fingerprint density at radius 1 is 1.16 bits per heavy atom. The molecule has 31 heavy (non-hydrogen) atoms. The molecule has 168 valence electrons. The van der Waals surface area contributed by atoms with Crippen molar-refractivity contribution in [2.45, 2.75) is 19.5 Å². The molecule has 0 aliphatic heterocycles. The van der Waals surface area contributed by atoms with Crippen molar-refractivity contribution in [3.05, 3.63) is 59.1 Å². The molecule has 2 rings (SSSR count). The van der Waals surface area contributed by atoms with E-state index in [1.54, 1.807) is 13.0 Å². The van der Waals surface area contributed by atoms with Gasteiger partial charge in [0.25, 0.3) is 0 Å². The molecule has 0 saturated heterocycles. The molecule has 0 aromatic heterocycles. The van der Waals surface area contributed by atoms with Crippen molar-refractivity contribution in [1.82, 2.24) is 10.2 Å². The van der Waals surface area contributed by atoms with Gasteiger partial charge in [0.2, 0.25) is 21.8 Å². The lowest BCUT2D eigenvalue weighted by Crippen LogP contribution is -2.50. The second-order valence-corrected chi connectivity index (χ2v) is 9.23. The van der Waals surface area contributed by atoms with Gasteiger partial charge < -0.3 is 15.0 Å². The van der Waals surface area contributed by atoms with Gasteiger partial charge >= 0.3 is 0 Å². The monoisotopic (exact) mass is 467 g/mol. The van der Waals surface area contributed by atoms with E-state index in [2.05, 4.69) is 5.32 Å². The number of hydrogen-bond donors (Lipinski definition) is 1. The third kappa shape index (κ3) is 6.35. The van der Waals surface area contributed by atoms with Crippen LogP contribution in [-0.2, 0) is 26.2 Å². The van der Waals surface area contributed by atoms with Gasteiger partial charge in [-0.25, -0.2) is 8.42 Å². The first kappa shape index (κ1) is 24.5. The summed E-state index contributed by atoms with van der Waals surface area (Å²) in [6, 6.07) is 12.8. The number of benzene rings is 2. The Labute approximate surface area is 187 Å². The molecule has 0 spiro atoms. The molecule has 2 amide bonds. The highest BCUT2D eigenvalue weighted by Crippen LogP contribution is 2.33. The molecule has 0 fully saturated rings. The van der Waals surface area contributed by atoms with E-state index in [0.29, 0.717) is 0 Å². The smallest absolute Gasteiger partial charge is 0.244 e. The van der Waals surface area contributed by atoms with Crippen molar-refractivity contribution in [2.24, 2.45) is 0 Å². The van der Waals surface area contributed by atoms with Crippen LogP contribution in [0.5, 0.6) is 5.75 Å². The number of nitrogens with one attached hydrogen (secondary N) is 1. The number of anilines is 1. The summed E-state index contributed by atoms with van der Waals surface area (Å²) in [5.74, 6) is -0.667. The van der Waals surface area contributed by atoms with Crippen LogP contribution in [0.15, 0.2) is 48.5 Å². The number of halogens is 1. The van der Waals surface area contributed by atoms with Crippen molar-refractivity contribution >= 4 is 39.1 Å². The summed E-state index contributed by atoms with van der Waals surface area (Å²) in [6.07, 6.45) is 0.990. The van der Waals surface area contributed by atoms with Gasteiger partial charge in [0.1, 0.15) is 18.3 Å². The van der Waals surface area contributed by atoms with Crippen LogP contribution in [0.1, 0.15) is 12.5 Å². The molecule has 2 aromatic carbocycles. The minimum Gasteiger partial charge on any atom is -0.495 e. The fraction of sp³-hybridized carbons (Fsp3) is 0.333. The highest BCUT2D eigenvalue weighted by molar-refractivity contribution is 7.92. The van der Waals surface area contributed by atoms with Crippen LogP contribution in [0.3, 0.4) is 0 Å². The molecule has 0 aliphatic carbocycles. The minimum absolute atomic E-state index is 0.137. The zero-order valence-electron chi connectivity index (χ0n) is 17.8. The van der Waals surface area contributed by atoms with Gasteiger partial charge in [-0.05, 0) is 30.7 Å². The Bertz CT molecular complexity index is 1030. The highest BCUT2D eigenvalue weighted by Gasteiger charge is 2.30. The standard InChI is InChI=1S/C21H26ClN3O5S/c1-15(21(27)23-2)24(13-16-8-6-5-7-9-16)20(26)14-25(31(4,28)29)18-12-17(22)10-11-19(18)30-3/h5-12,15H,13-14H2,1-4H3,(H,23,27)/t15-/m0/s1. The minimum atomic E-state index is -3.87. The molecule has 0 bridgehead atoms. The van der Waals surface area contributed by atoms with E-state index >= 15 is 0 Å².